The minimum atomic E-state index is 0.0747. The summed E-state index contributed by atoms with van der Waals surface area (Å²) in [5.41, 5.74) is 5.30. The number of aromatic nitrogens is 1. The first-order valence-electron chi connectivity index (χ1n) is 8.17. The van der Waals surface area contributed by atoms with Gasteiger partial charge in [0.25, 0.3) is 5.91 Å². The van der Waals surface area contributed by atoms with Crippen LogP contribution in [0.25, 0.3) is 10.9 Å². The minimum Gasteiger partial charge on any atom is -0.342 e. The Bertz CT molecular complexity index is 971. The molecule has 2 aromatic carbocycles. The highest BCUT2D eigenvalue weighted by Gasteiger charge is 2.28. The third-order valence-corrected chi connectivity index (χ3v) is 5.21. The van der Waals surface area contributed by atoms with Crippen molar-refractivity contribution >= 4 is 38.4 Å². The van der Waals surface area contributed by atoms with Crippen molar-refractivity contribution in [2.45, 2.75) is 33.4 Å². The second-order valence-electron chi connectivity index (χ2n) is 6.69. The van der Waals surface area contributed by atoms with Crippen LogP contribution in [-0.4, -0.2) is 10.5 Å². The van der Waals surface area contributed by atoms with E-state index in [1.165, 1.54) is 16.6 Å². The maximum Gasteiger partial charge on any atom is 0.258 e. The number of carbonyl (C=O) groups is 1. The van der Waals surface area contributed by atoms with Crippen molar-refractivity contribution in [3.63, 3.8) is 0 Å². The third-order valence-electron chi connectivity index (χ3n) is 4.72. The van der Waals surface area contributed by atoms with Crippen LogP contribution in [0.15, 0.2) is 46.9 Å². The number of benzene rings is 2. The second-order valence-corrected chi connectivity index (χ2v) is 7.60. The molecule has 1 aromatic heterocycles. The maximum atomic E-state index is 12.8. The van der Waals surface area contributed by atoms with Crippen molar-refractivity contribution in [3.8, 4) is 0 Å². The fourth-order valence-electron chi connectivity index (χ4n) is 3.70. The first kappa shape index (κ1) is 15.5. The zero-order chi connectivity index (χ0) is 17.0. The van der Waals surface area contributed by atoms with Crippen LogP contribution in [0.4, 0.5) is 5.69 Å². The van der Waals surface area contributed by atoms with Crippen molar-refractivity contribution in [1.82, 2.24) is 4.57 Å². The van der Waals surface area contributed by atoms with Gasteiger partial charge < -0.3 is 9.47 Å². The Morgan fingerprint density at radius 1 is 1.08 bits per heavy atom. The molecule has 1 aliphatic rings. The number of rotatable bonds is 2. The summed E-state index contributed by atoms with van der Waals surface area (Å²) in [6.45, 7) is 7.16. The number of nitrogens with zero attached hydrogens (tertiary/aromatic N) is 2. The number of amides is 1. The summed E-state index contributed by atoms with van der Waals surface area (Å²) in [5, 5.41) is 1.18. The van der Waals surface area contributed by atoms with E-state index in [2.05, 4.69) is 65.5 Å². The number of fused-ring (bicyclic) bond motifs is 2. The topological polar surface area (TPSA) is 25.2 Å². The molecule has 0 fully saturated rings. The molecule has 3 nitrogen and oxygen atoms in total. The molecular formula is C20H19BrN2O. The standard InChI is InChI=1S/C20H19BrN2O/c1-12(2)23-13(3)8-15-9-17(6-7-19(15)23)22-11-14-4-5-16(21)10-18(14)20(22)24/h4-10,12H,11H2,1-3H3. The number of hydrogen-bond donors (Lipinski definition) is 0. The van der Waals surface area contributed by atoms with Gasteiger partial charge in [0, 0.05) is 38.4 Å². The van der Waals surface area contributed by atoms with E-state index in [0.717, 1.165) is 21.3 Å². The highest BCUT2D eigenvalue weighted by Crippen LogP contribution is 2.33. The number of halogens is 1. The first-order valence-corrected chi connectivity index (χ1v) is 8.97. The van der Waals surface area contributed by atoms with Crippen LogP contribution < -0.4 is 4.90 Å². The van der Waals surface area contributed by atoms with Gasteiger partial charge in [0.2, 0.25) is 0 Å². The number of hydrogen-bond acceptors (Lipinski definition) is 1. The first-order chi connectivity index (χ1) is 11.5. The average molecular weight is 383 g/mol. The van der Waals surface area contributed by atoms with Crippen molar-refractivity contribution in [1.29, 1.82) is 0 Å². The lowest BCUT2D eigenvalue weighted by Gasteiger charge is -2.17. The summed E-state index contributed by atoms with van der Waals surface area (Å²) >= 11 is 3.45. The monoisotopic (exact) mass is 382 g/mol. The lowest BCUT2D eigenvalue weighted by molar-refractivity contribution is 0.0996. The van der Waals surface area contributed by atoms with Gasteiger partial charge >= 0.3 is 0 Å². The van der Waals surface area contributed by atoms with Gasteiger partial charge in [-0.15, -0.1) is 0 Å². The fourth-order valence-corrected chi connectivity index (χ4v) is 4.06. The van der Waals surface area contributed by atoms with Crippen molar-refractivity contribution < 1.29 is 4.79 Å². The molecule has 1 amide bonds. The summed E-state index contributed by atoms with van der Waals surface area (Å²) in [4.78, 5) is 14.6. The van der Waals surface area contributed by atoms with Crippen LogP contribution in [0.1, 0.15) is 41.5 Å². The van der Waals surface area contributed by atoms with E-state index in [9.17, 15) is 4.79 Å². The molecule has 0 bridgehead atoms. The lowest BCUT2D eigenvalue weighted by Crippen LogP contribution is -2.22. The molecule has 2 heterocycles. The molecule has 0 saturated heterocycles. The predicted molar refractivity (Wildman–Crippen MR) is 102 cm³/mol. The molecule has 3 aromatic rings. The summed E-state index contributed by atoms with van der Waals surface area (Å²) in [6.07, 6.45) is 0. The fraction of sp³-hybridized carbons (Fsp3) is 0.250. The molecule has 1 aliphatic heterocycles. The highest BCUT2D eigenvalue weighted by molar-refractivity contribution is 9.10. The molecule has 24 heavy (non-hydrogen) atoms. The van der Waals surface area contributed by atoms with Crippen molar-refractivity contribution in [3.05, 3.63) is 63.8 Å². The van der Waals surface area contributed by atoms with E-state index in [4.69, 9.17) is 0 Å². The van der Waals surface area contributed by atoms with Gasteiger partial charge in [0.15, 0.2) is 0 Å². The molecule has 0 spiro atoms. The van der Waals surface area contributed by atoms with Crippen LogP contribution >= 0.6 is 15.9 Å². The Balaban J connectivity index is 1.77. The van der Waals surface area contributed by atoms with Gasteiger partial charge in [0.1, 0.15) is 0 Å². The van der Waals surface area contributed by atoms with Gasteiger partial charge in [-0.3, -0.25) is 4.79 Å². The van der Waals surface area contributed by atoms with E-state index in [1.807, 2.05) is 23.1 Å². The van der Waals surface area contributed by atoms with E-state index in [-0.39, 0.29) is 5.91 Å². The van der Waals surface area contributed by atoms with Crippen LogP contribution in [-0.2, 0) is 6.54 Å². The molecule has 0 saturated carbocycles. The van der Waals surface area contributed by atoms with Gasteiger partial charge in [-0.25, -0.2) is 0 Å². The van der Waals surface area contributed by atoms with Crippen LogP contribution in [0.3, 0.4) is 0 Å². The van der Waals surface area contributed by atoms with Crippen molar-refractivity contribution in [2.24, 2.45) is 0 Å². The Labute approximate surface area is 150 Å². The smallest absolute Gasteiger partial charge is 0.258 e. The van der Waals surface area contributed by atoms with Crippen molar-refractivity contribution in [2.75, 3.05) is 4.90 Å². The van der Waals surface area contributed by atoms with Crippen LogP contribution in [0, 0.1) is 6.92 Å². The highest BCUT2D eigenvalue weighted by atomic mass is 79.9. The van der Waals surface area contributed by atoms with Gasteiger partial charge in [-0.2, -0.15) is 0 Å². The van der Waals surface area contributed by atoms with Crippen LogP contribution in [0.2, 0.25) is 0 Å². The molecule has 0 atom stereocenters. The third kappa shape index (κ3) is 2.28. The Morgan fingerprint density at radius 2 is 1.88 bits per heavy atom. The summed E-state index contributed by atoms with van der Waals surface area (Å²) in [6, 6.07) is 14.9. The van der Waals surface area contributed by atoms with Gasteiger partial charge in [0.05, 0.1) is 6.54 Å². The Kier molecular flexibility index (Phi) is 3.53. The second kappa shape index (κ2) is 5.49. The zero-order valence-corrected chi connectivity index (χ0v) is 15.6. The molecule has 0 N–H and O–H groups in total. The lowest BCUT2D eigenvalue weighted by atomic mass is 10.1. The summed E-state index contributed by atoms with van der Waals surface area (Å²) < 4.78 is 3.27. The molecule has 0 radical (unpaired) electrons. The van der Waals surface area contributed by atoms with E-state index in [1.54, 1.807) is 0 Å². The van der Waals surface area contributed by atoms with Crippen LogP contribution in [0.5, 0.6) is 0 Å². The molecule has 4 heteroatoms. The van der Waals surface area contributed by atoms with Gasteiger partial charge in [-0.05, 0) is 62.7 Å². The average Bonchev–Trinajstić information content (AvgIpc) is 3.03. The quantitative estimate of drug-likeness (QED) is 0.577. The number of aryl methyl sites for hydroxylation is 1. The molecular weight excluding hydrogens is 364 g/mol. The number of anilines is 1. The van der Waals surface area contributed by atoms with Gasteiger partial charge in [-0.1, -0.05) is 22.0 Å². The molecule has 122 valence electrons. The Morgan fingerprint density at radius 3 is 2.62 bits per heavy atom. The largest absolute Gasteiger partial charge is 0.342 e. The maximum absolute atomic E-state index is 12.8. The molecule has 4 rings (SSSR count). The predicted octanol–water partition coefficient (Wildman–Crippen LogP) is 5.45. The van der Waals surface area contributed by atoms with E-state index < -0.39 is 0 Å². The molecule has 0 aliphatic carbocycles. The molecule has 0 unspecified atom stereocenters. The summed E-state index contributed by atoms with van der Waals surface area (Å²) in [7, 11) is 0. The minimum absolute atomic E-state index is 0.0747. The number of carbonyl (C=O) groups excluding carboxylic acids is 1. The Hall–Kier alpha value is -2.07. The zero-order valence-electron chi connectivity index (χ0n) is 14.0. The normalized spacial score (nSPS) is 14.0. The SMILES string of the molecule is Cc1cc2cc(N3Cc4ccc(Br)cc4C3=O)ccc2n1C(C)C. The van der Waals surface area contributed by atoms with E-state index >= 15 is 0 Å². The van der Waals surface area contributed by atoms with E-state index in [0.29, 0.717) is 12.6 Å². The summed E-state index contributed by atoms with van der Waals surface area (Å²) in [5.74, 6) is 0.0747.